The van der Waals surface area contributed by atoms with Crippen LogP contribution in [-0.2, 0) is 0 Å². The van der Waals surface area contributed by atoms with Gasteiger partial charge >= 0.3 is 0 Å². The lowest BCUT2D eigenvalue weighted by Gasteiger charge is -2.43. The summed E-state index contributed by atoms with van der Waals surface area (Å²) in [6.45, 7) is 7.11. The molecule has 0 spiro atoms. The van der Waals surface area contributed by atoms with Gasteiger partial charge in [0.2, 0.25) is 0 Å². The Morgan fingerprint density at radius 3 is 2.58 bits per heavy atom. The lowest BCUT2D eigenvalue weighted by molar-refractivity contribution is 0.0629. The van der Waals surface area contributed by atoms with Crippen LogP contribution in [0.4, 0.5) is 0 Å². The van der Waals surface area contributed by atoms with Crippen molar-refractivity contribution in [3.8, 4) is 0 Å². The van der Waals surface area contributed by atoms with Crippen LogP contribution in [0.3, 0.4) is 0 Å². The Labute approximate surface area is 115 Å². The van der Waals surface area contributed by atoms with Crippen LogP contribution in [0.15, 0.2) is 30.5 Å². The van der Waals surface area contributed by atoms with Crippen LogP contribution in [0.5, 0.6) is 0 Å². The van der Waals surface area contributed by atoms with E-state index < -0.39 is 0 Å². The normalized spacial score (nSPS) is 26.7. The van der Waals surface area contributed by atoms with E-state index in [9.17, 15) is 0 Å². The molecule has 0 aliphatic carbocycles. The van der Waals surface area contributed by atoms with E-state index in [2.05, 4.69) is 61.1 Å². The minimum atomic E-state index is 0.487. The highest BCUT2D eigenvalue weighted by atomic mass is 15.2. The molecule has 102 valence electrons. The summed E-state index contributed by atoms with van der Waals surface area (Å²) in [5, 5.41) is 1.37. The van der Waals surface area contributed by atoms with E-state index in [1.165, 1.54) is 35.7 Å². The van der Waals surface area contributed by atoms with Crippen LogP contribution in [0.25, 0.3) is 10.9 Å². The maximum absolute atomic E-state index is 3.41. The fourth-order valence-corrected chi connectivity index (χ4v) is 3.80. The number of nitrogens with one attached hydrogen (secondary N) is 1. The van der Waals surface area contributed by atoms with E-state index >= 15 is 0 Å². The maximum Gasteiger partial charge on any atom is 0.0457 e. The third-order valence-corrected chi connectivity index (χ3v) is 4.78. The Bertz CT molecular complexity index is 547. The van der Waals surface area contributed by atoms with E-state index in [1.54, 1.807) is 0 Å². The maximum atomic E-state index is 3.41. The molecule has 0 bridgehead atoms. The van der Waals surface area contributed by atoms with Gasteiger partial charge in [0, 0.05) is 35.2 Å². The van der Waals surface area contributed by atoms with Gasteiger partial charge in [0.05, 0.1) is 0 Å². The Morgan fingerprint density at radius 1 is 1.16 bits per heavy atom. The monoisotopic (exact) mass is 256 g/mol. The van der Waals surface area contributed by atoms with Crippen molar-refractivity contribution in [3.05, 3.63) is 36.0 Å². The number of H-pyrrole nitrogens is 1. The van der Waals surface area contributed by atoms with E-state index in [-0.39, 0.29) is 0 Å². The molecule has 1 aromatic heterocycles. The number of benzene rings is 1. The zero-order valence-electron chi connectivity index (χ0n) is 12.2. The van der Waals surface area contributed by atoms with E-state index in [1.807, 2.05) is 0 Å². The van der Waals surface area contributed by atoms with Gasteiger partial charge in [0.15, 0.2) is 0 Å². The summed E-state index contributed by atoms with van der Waals surface area (Å²) >= 11 is 0. The molecule has 2 heterocycles. The lowest BCUT2D eigenvalue weighted by Crippen LogP contribution is -2.44. The summed E-state index contributed by atoms with van der Waals surface area (Å²) < 4.78 is 0. The molecule has 1 N–H and O–H groups in total. The van der Waals surface area contributed by atoms with Crippen LogP contribution in [0, 0.1) is 0 Å². The van der Waals surface area contributed by atoms with Crippen LogP contribution in [-0.4, -0.2) is 22.0 Å². The molecule has 0 radical (unpaired) electrons. The first kappa shape index (κ1) is 12.7. The zero-order valence-corrected chi connectivity index (χ0v) is 12.2. The molecule has 2 heteroatoms. The number of nitrogens with zero attached hydrogens (tertiary/aromatic N) is 1. The number of aromatic amines is 1. The van der Waals surface area contributed by atoms with Crippen molar-refractivity contribution in [2.45, 2.75) is 58.2 Å². The average Bonchev–Trinajstić information content (AvgIpc) is 2.82. The molecule has 1 fully saturated rings. The largest absolute Gasteiger partial charge is 0.361 e. The third-order valence-electron chi connectivity index (χ3n) is 4.78. The lowest BCUT2D eigenvalue weighted by atomic mass is 9.93. The minimum Gasteiger partial charge on any atom is -0.361 e. The molecule has 1 aliphatic heterocycles. The minimum absolute atomic E-state index is 0.487. The number of hydrogen-bond acceptors (Lipinski definition) is 1. The number of aromatic nitrogens is 1. The fourth-order valence-electron chi connectivity index (χ4n) is 3.80. The zero-order chi connectivity index (χ0) is 13.4. The van der Waals surface area contributed by atoms with Gasteiger partial charge in [0.25, 0.3) is 0 Å². The second kappa shape index (κ2) is 5.01. The number of likely N-dealkylation sites (tertiary alicyclic amines) is 1. The van der Waals surface area contributed by atoms with Gasteiger partial charge in [-0.15, -0.1) is 0 Å². The van der Waals surface area contributed by atoms with Crippen molar-refractivity contribution in [1.82, 2.24) is 9.88 Å². The van der Waals surface area contributed by atoms with Crippen molar-refractivity contribution >= 4 is 10.9 Å². The van der Waals surface area contributed by atoms with Crippen molar-refractivity contribution in [3.63, 3.8) is 0 Å². The van der Waals surface area contributed by atoms with Crippen LogP contribution in [0.1, 0.15) is 51.6 Å². The first-order valence-corrected chi connectivity index (χ1v) is 7.52. The second-order valence-corrected chi connectivity index (χ2v) is 6.04. The van der Waals surface area contributed by atoms with Crippen LogP contribution >= 0.6 is 0 Å². The second-order valence-electron chi connectivity index (χ2n) is 6.04. The highest BCUT2D eigenvalue weighted by Gasteiger charge is 2.30. The molecule has 1 aliphatic rings. The van der Waals surface area contributed by atoms with E-state index in [0.29, 0.717) is 18.1 Å². The molecule has 3 unspecified atom stereocenters. The highest BCUT2D eigenvalue weighted by molar-refractivity contribution is 5.83. The standard InChI is InChI=1S/C17H24N2/c1-12-7-6-8-13(2)19(12)14(3)16-11-18-17-10-5-4-9-15(16)17/h4-5,9-14,18H,6-8H2,1-3H3. The SMILES string of the molecule is CC1CCCC(C)N1C(C)c1c[nH]c2ccccc12. The number of para-hydroxylation sites is 1. The summed E-state index contributed by atoms with van der Waals surface area (Å²) in [4.78, 5) is 6.10. The van der Waals surface area contributed by atoms with Crippen molar-refractivity contribution in [2.24, 2.45) is 0 Å². The molecule has 2 nitrogen and oxygen atoms in total. The average molecular weight is 256 g/mol. The summed E-state index contributed by atoms with van der Waals surface area (Å²) in [6.07, 6.45) is 6.23. The van der Waals surface area contributed by atoms with E-state index in [0.717, 1.165) is 0 Å². The van der Waals surface area contributed by atoms with Gasteiger partial charge in [-0.1, -0.05) is 24.6 Å². The van der Waals surface area contributed by atoms with Crippen molar-refractivity contribution in [1.29, 1.82) is 0 Å². The molecule has 0 saturated carbocycles. The van der Waals surface area contributed by atoms with E-state index in [4.69, 9.17) is 0 Å². The number of piperidine rings is 1. The van der Waals surface area contributed by atoms with Crippen LogP contribution in [0.2, 0.25) is 0 Å². The number of rotatable bonds is 2. The van der Waals surface area contributed by atoms with Gasteiger partial charge in [-0.3, -0.25) is 4.90 Å². The molecule has 0 amide bonds. The Kier molecular flexibility index (Phi) is 3.36. The summed E-state index contributed by atoms with van der Waals surface area (Å²) in [6, 6.07) is 10.5. The summed E-state index contributed by atoms with van der Waals surface area (Å²) in [5.74, 6) is 0. The number of fused-ring (bicyclic) bond motifs is 1. The fraction of sp³-hybridized carbons (Fsp3) is 0.529. The molecule has 1 saturated heterocycles. The summed E-state index contributed by atoms with van der Waals surface area (Å²) in [7, 11) is 0. The predicted molar refractivity (Wildman–Crippen MR) is 81.3 cm³/mol. The predicted octanol–water partition coefficient (Wildman–Crippen LogP) is 4.49. The van der Waals surface area contributed by atoms with Gasteiger partial charge in [-0.2, -0.15) is 0 Å². The van der Waals surface area contributed by atoms with Crippen molar-refractivity contribution in [2.75, 3.05) is 0 Å². The molecular weight excluding hydrogens is 232 g/mol. The first-order chi connectivity index (χ1) is 9.18. The summed E-state index contributed by atoms with van der Waals surface area (Å²) in [5.41, 5.74) is 2.69. The Hall–Kier alpha value is -1.28. The molecular formula is C17H24N2. The molecule has 2 aromatic rings. The third kappa shape index (κ3) is 2.18. The topological polar surface area (TPSA) is 19.0 Å². The number of hydrogen-bond donors (Lipinski definition) is 1. The van der Waals surface area contributed by atoms with Gasteiger partial charge in [0.1, 0.15) is 0 Å². The smallest absolute Gasteiger partial charge is 0.0457 e. The Balaban J connectivity index is 1.96. The molecule has 3 rings (SSSR count). The highest BCUT2D eigenvalue weighted by Crippen LogP contribution is 2.34. The first-order valence-electron chi connectivity index (χ1n) is 7.52. The Morgan fingerprint density at radius 2 is 1.84 bits per heavy atom. The van der Waals surface area contributed by atoms with Gasteiger partial charge < -0.3 is 4.98 Å². The van der Waals surface area contributed by atoms with Gasteiger partial charge in [-0.05, 0) is 45.2 Å². The van der Waals surface area contributed by atoms with Crippen molar-refractivity contribution < 1.29 is 0 Å². The molecule has 3 atom stereocenters. The quantitative estimate of drug-likeness (QED) is 0.838. The van der Waals surface area contributed by atoms with Gasteiger partial charge in [-0.25, -0.2) is 0 Å². The molecule has 1 aromatic carbocycles. The molecule has 19 heavy (non-hydrogen) atoms. The van der Waals surface area contributed by atoms with Crippen LogP contribution < -0.4 is 0 Å².